The molecule has 1 rings (SSSR count). The molecule has 14 heavy (non-hydrogen) atoms. The highest BCUT2D eigenvalue weighted by atomic mass is 79.9. The van der Waals surface area contributed by atoms with Gasteiger partial charge in [-0.05, 0) is 46.5 Å². The summed E-state index contributed by atoms with van der Waals surface area (Å²) < 4.78 is 61.7. The minimum atomic E-state index is -2.73. The lowest BCUT2D eigenvalue weighted by atomic mass is 10.1. The Balaban J connectivity index is 3.47. The molecular formula is C10H14BrNO2. The maximum absolute atomic E-state index is 7.84. The molecule has 1 aromatic rings. The van der Waals surface area contributed by atoms with Crippen LogP contribution in [0.15, 0.2) is 16.6 Å². The van der Waals surface area contributed by atoms with Crippen molar-refractivity contribution in [2.24, 2.45) is 5.73 Å². The number of nitrogens with two attached hydrogens (primary N) is 1. The highest BCUT2D eigenvalue weighted by molar-refractivity contribution is 9.10. The van der Waals surface area contributed by atoms with Crippen molar-refractivity contribution < 1.29 is 19.1 Å². The lowest BCUT2D eigenvalue weighted by Gasteiger charge is -2.11. The second-order valence-electron chi connectivity index (χ2n) is 2.35. The zero-order chi connectivity index (χ0) is 16.6. The van der Waals surface area contributed by atoms with Crippen molar-refractivity contribution in [3.8, 4) is 11.5 Å². The minimum absolute atomic E-state index is 0.0130. The first-order valence-electron chi connectivity index (χ1n) is 7.15. The van der Waals surface area contributed by atoms with Crippen LogP contribution in [0.4, 0.5) is 0 Å². The average Bonchev–Trinajstić information content (AvgIpc) is 2.27. The summed E-state index contributed by atoms with van der Waals surface area (Å²) in [4.78, 5) is 0. The number of ether oxygens (including phenoxy) is 2. The molecule has 3 nitrogen and oxygen atoms in total. The van der Waals surface area contributed by atoms with Crippen LogP contribution in [-0.2, 0) is 6.37 Å². The fraction of sp³-hybridized carbons (Fsp3) is 0.400. The highest BCUT2D eigenvalue weighted by Crippen LogP contribution is 2.32. The summed E-state index contributed by atoms with van der Waals surface area (Å²) in [6, 6.07) is 2.35. The molecule has 78 valence electrons. The van der Waals surface area contributed by atoms with Crippen molar-refractivity contribution in [1.82, 2.24) is 0 Å². The summed E-state index contributed by atoms with van der Waals surface area (Å²) >= 11 is 3.09. The van der Waals surface area contributed by atoms with E-state index in [4.69, 9.17) is 24.8 Å². The van der Waals surface area contributed by atoms with E-state index < -0.39 is 19.9 Å². The predicted molar refractivity (Wildman–Crippen MR) is 60.0 cm³/mol. The molecule has 0 saturated heterocycles. The Morgan fingerprint density at radius 3 is 2.86 bits per heavy atom. The van der Waals surface area contributed by atoms with Crippen LogP contribution in [0.2, 0.25) is 0 Å². The van der Waals surface area contributed by atoms with Gasteiger partial charge in [0.15, 0.2) is 0 Å². The molecule has 0 aromatic heterocycles. The fourth-order valence-corrected chi connectivity index (χ4v) is 1.36. The van der Waals surface area contributed by atoms with Crippen molar-refractivity contribution >= 4 is 15.9 Å². The van der Waals surface area contributed by atoms with Crippen LogP contribution in [0.25, 0.3) is 0 Å². The third-order valence-electron chi connectivity index (χ3n) is 1.57. The van der Waals surface area contributed by atoms with Gasteiger partial charge in [0.05, 0.1) is 22.7 Å². The summed E-state index contributed by atoms with van der Waals surface area (Å²) in [5.41, 5.74) is 4.97. The van der Waals surface area contributed by atoms with Crippen molar-refractivity contribution in [2.75, 3.05) is 20.6 Å². The topological polar surface area (TPSA) is 44.5 Å². The first-order chi connectivity index (χ1) is 9.29. The SMILES string of the molecule is [2H]C([2H])([2H])Oc1cc(C([2H])([2H])C([2H])([2H])N)c(OC)cc1Br. The molecule has 0 bridgehead atoms. The van der Waals surface area contributed by atoms with Gasteiger partial charge in [0.25, 0.3) is 0 Å². The van der Waals surface area contributed by atoms with E-state index >= 15 is 0 Å². The first-order valence-corrected chi connectivity index (χ1v) is 4.45. The molecule has 0 aliphatic carbocycles. The first kappa shape index (κ1) is 4.86. The van der Waals surface area contributed by atoms with Gasteiger partial charge in [-0.15, -0.1) is 0 Å². The van der Waals surface area contributed by atoms with E-state index in [0.717, 1.165) is 6.07 Å². The van der Waals surface area contributed by atoms with Crippen molar-refractivity contribution in [2.45, 2.75) is 6.37 Å². The summed E-state index contributed by atoms with van der Waals surface area (Å²) in [5.74, 6) is -0.155. The van der Waals surface area contributed by atoms with Crippen LogP contribution in [-0.4, -0.2) is 20.6 Å². The maximum Gasteiger partial charge on any atom is 0.133 e. The number of hydrogen-bond acceptors (Lipinski definition) is 3. The van der Waals surface area contributed by atoms with Gasteiger partial charge < -0.3 is 15.2 Å². The van der Waals surface area contributed by atoms with E-state index in [9.17, 15) is 0 Å². The van der Waals surface area contributed by atoms with Gasteiger partial charge in [-0.1, -0.05) is 0 Å². The zero-order valence-electron chi connectivity index (χ0n) is 14.4. The van der Waals surface area contributed by atoms with Crippen molar-refractivity contribution in [3.63, 3.8) is 0 Å². The lowest BCUT2D eigenvalue weighted by molar-refractivity contribution is 0.397. The minimum Gasteiger partial charge on any atom is -0.496 e. The Hall–Kier alpha value is -0.740. The molecular weight excluding hydrogens is 246 g/mol. The third kappa shape index (κ3) is 2.39. The van der Waals surface area contributed by atoms with Crippen LogP contribution >= 0.6 is 15.9 Å². The average molecular weight is 267 g/mol. The molecule has 0 spiro atoms. The Kier molecular flexibility index (Phi) is 1.81. The van der Waals surface area contributed by atoms with E-state index in [0.29, 0.717) is 0 Å². The van der Waals surface area contributed by atoms with Gasteiger partial charge >= 0.3 is 0 Å². The zero-order valence-corrected chi connectivity index (χ0v) is 9.01. The van der Waals surface area contributed by atoms with E-state index in [2.05, 4.69) is 15.9 Å². The van der Waals surface area contributed by atoms with Gasteiger partial charge in [-0.25, -0.2) is 0 Å². The van der Waals surface area contributed by atoms with Gasteiger partial charge in [0, 0.05) is 5.48 Å². The quantitative estimate of drug-likeness (QED) is 0.907. The van der Waals surface area contributed by atoms with Crippen LogP contribution in [0.1, 0.15) is 15.2 Å². The molecule has 2 N–H and O–H groups in total. The summed E-state index contributed by atoms with van der Waals surface area (Å²) in [6.07, 6.45) is -2.62. The van der Waals surface area contributed by atoms with Gasteiger partial charge in [-0.3, -0.25) is 0 Å². The Morgan fingerprint density at radius 2 is 2.29 bits per heavy atom. The molecule has 0 unspecified atom stereocenters. The molecule has 0 aliphatic heterocycles. The van der Waals surface area contributed by atoms with Crippen molar-refractivity contribution in [1.29, 1.82) is 0 Å². The van der Waals surface area contributed by atoms with Crippen LogP contribution in [0.3, 0.4) is 0 Å². The van der Waals surface area contributed by atoms with E-state index in [-0.39, 0.29) is 21.5 Å². The van der Waals surface area contributed by atoms with Crippen LogP contribution < -0.4 is 15.2 Å². The molecule has 0 aliphatic rings. The summed E-state index contributed by atoms with van der Waals surface area (Å²) in [5, 5.41) is 0. The Labute approximate surface area is 102 Å². The highest BCUT2D eigenvalue weighted by Gasteiger charge is 2.08. The fourth-order valence-electron chi connectivity index (χ4n) is 0.958. The Bertz CT molecular complexity index is 527. The normalized spacial score (nSPS) is 20.4. The third-order valence-corrected chi connectivity index (χ3v) is 2.19. The molecule has 1 aromatic carbocycles. The lowest BCUT2D eigenvalue weighted by Crippen LogP contribution is -2.04. The number of rotatable bonds is 4. The largest absolute Gasteiger partial charge is 0.496 e. The summed E-state index contributed by atoms with van der Waals surface area (Å²) in [6.45, 7) is -2.70. The molecule has 0 saturated carbocycles. The molecule has 0 heterocycles. The van der Waals surface area contributed by atoms with E-state index in [1.165, 1.54) is 13.2 Å². The number of hydrogen-bond donors (Lipinski definition) is 1. The number of halogens is 1. The molecule has 0 atom stereocenters. The van der Waals surface area contributed by atoms with Gasteiger partial charge in [-0.2, -0.15) is 0 Å². The summed E-state index contributed by atoms with van der Waals surface area (Å²) in [7, 11) is -1.46. The van der Waals surface area contributed by atoms with E-state index in [1.807, 2.05) is 0 Å². The van der Waals surface area contributed by atoms with Crippen LogP contribution in [0.5, 0.6) is 11.5 Å². The smallest absolute Gasteiger partial charge is 0.133 e. The number of aryl methyl sites for hydroxylation is 1. The van der Waals surface area contributed by atoms with E-state index in [1.54, 1.807) is 0 Å². The molecule has 0 fully saturated rings. The van der Waals surface area contributed by atoms with Crippen molar-refractivity contribution in [3.05, 3.63) is 22.2 Å². The van der Waals surface area contributed by atoms with Gasteiger partial charge in [0.1, 0.15) is 11.5 Å². The molecule has 0 radical (unpaired) electrons. The maximum atomic E-state index is 7.84. The monoisotopic (exact) mass is 266 g/mol. The van der Waals surface area contributed by atoms with Gasteiger partial charge in [0.2, 0.25) is 0 Å². The Morgan fingerprint density at radius 1 is 1.50 bits per heavy atom. The second kappa shape index (κ2) is 5.22. The molecule has 4 heteroatoms. The number of benzene rings is 1. The standard InChI is InChI=1S/C10H14BrNO2/c1-13-9-6-8(11)10(14-2)5-7(9)3-4-12/h5-6H,3-4,12H2,1-2H3/i2D3,3D2,4D2. The predicted octanol–water partition coefficient (Wildman–Crippen LogP) is 1.97. The van der Waals surface area contributed by atoms with Crippen LogP contribution in [0, 0.1) is 0 Å². The second-order valence-corrected chi connectivity index (χ2v) is 3.21. The number of methoxy groups -OCH3 is 2. The molecule has 0 amide bonds.